The molecule has 0 unspecified atom stereocenters. The van der Waals surface area contributed by atoms with Crippen LogP contribution in [-0.4, -0.2) is 37.5 Å². The summed E-state index contributed by atoms with van der Waals surface area (Å²) in [6, 6.07) is 4.25. The number of alkyl halides is 3. The lowest BCUT2D eigenvalue weighted by Gasteiger charge is -2.31. The smallest absolute Gasteiger partial charge is 0.406 e. The van der Waals surface area contributed by atoms with Crippen molar-refractivity contribution in [3.05, 3.63) is 28.4 Å². The van der Waals surface area contributed by atoms with Gasteiger partial charge >= 0.3 is 6.36 Å². The zero-order valence-electron chi connectivity index (χ0n) is 12.8. The van der Waals surface area contributed by atoms with E-state index in [1.165, 1.54) is 12.1 Å². The predicted molar refractivity (Wildman–Crippen MR) is 93.2 cm³/mol. The minimum absolute atomic E-state index is 0. The summed E-state index contributed by atoms with van der Waals surface area (Å²) in [7, 11) is 0. The molecule has 24 heavy (non-hydrogen) atoms. The van der Waals surface area contributed by atoms with E-state index in [4.69, 9.17) is 0 Å². The van der Waals surface area contributed by atoms with Gasteiger partial charge in [0.25, 0.3) is 0 Å². The average Bonchev–Trinajstić information content (AvgIpc) is 2.48. The summed E-state index contributed by atoms with van der Waals surface area (Å²) >= 11 is 3.54. The van der Waals surface area contributed by atoms with Crippen LogP contribution in [0.4, 0.5) is 18.9 Å². The Labute approximate surface area is 151 Å². The Morgan fingerprint density at radius 1 is 1.25 bits per heavy atom. The Balaban J connectivity index is 0.00000208. The minimum atomic E-state index is -4.71. The third kappa shape index (κ3) is 4.04. The number of piperazine rings is 1. The van der Waals surface area contributed by atoms with Crippen LogP contribution in [0, 0.1) is 6.92 Å². The molecule has 9 heteroatoms. The number of rotatable bonds is 2. The molecule has 4 nitrogen and oxygen atoms in total. The van der Waals surface area contributed by atoms with Crippen LogP contribution in [0.5, 0.6) is 5.75 Å². The number of nitrogens with one attached hydrogen (secondary N) is 1. The first-order chi connectivity index (χ1) is 10.8. The summed E-state index contributed by atoms with van der Waals surface area (Å²) in [6.07, 6.45) is -4.71. The molecule has 0 radical (unpaired) electrons. The van der Waals surface area contributed by atoms with Gasteiger partial charge in [0.05, 0.1) is 21.4 Å². The second-order valence-corrected chi connectivity index (χ2v) is 6.12. The van der Waals surface area contributed by atoms with E-state index in [9.17, 15) is 13.2 Å². The fraction of sp³-hybridized carbons (Fsp3) is 0.400. The molecule has 0 spiro atoms. The first-order valence-corrected chi connectivity index (χ1v) is 7.96. The van der Waals surface area contributed by atoms with Gasteiger partial charge in [-0.25, -0.2) is 0 Å². The summed E-state index contributed by atoms with van der Waals surface area (Å²) in [4.78, 5) is 6.59. The summed E-state index contributed by atoms with van der Waals surface area (Å²) in [6.45, 7) is 5.08. The van der Waals surface area contributed by atoms with Crippen LogP contribution in [0.3, 0.4) is 0 Å². The third-order valence-electron chi connectivity index (χ3n) is 3.70. The maximum absolute atomic E-state index is 12.5. The lowest BCUT2D eigenvalue weighted by molar-refractivity contribution is -0.274. The number of hydrogen-bond donors (Lipinski definition) is 1. The van der Waals surface area contributed by atoms with Crippen LogP contribution in [0.15, 0.2) is 22.7 Å². The molecule has 1 aliphatic heterocycles. The largest absolute Gasteiger partial charge is 0.573 e. The Hall–Kier alpha value is -1.25. The second kappa shape index (κ2) is 7.33. The van der Waals surface area contributed by atoms with Crippen molar-refractivity contribution in [2.24, 2.45) is 0 Å². The molecule has 1 aromatic heterocycles. The van der Waals surface area contributed by atoms with Crippen molar-refractivity contribution < 1.29 is 17.9 Å². The van der Waals surface area contributed by atoms with Crippen molar-refractivity contribution in [1.29, 1.82) is 0 Å². The number of ether oxygens (including phenoxy) is 1. The molecule has 1 fully saturated rings. The SMILES string of the molecule is Cc1nc2ccc(OC(F)(F)F)cc2c(N2CCNCC2)c1Br.Cl. The van der Waals surface area contributed by atoms with Crippen molar-refractivity contribution >= 4 is 44.9 Å². The molecular formula is C15H16BrClF3N3O. The van der Waals surface area contributed by atoms with Gasteiger partial charge in [-0.3, -0.25) is 4.98 Å². The molecule has 0 amide bonds. The predicted octanol–water partition coefficient (Wildman–Crippen LogP) is 4.04. The highest BCUT2D eigenvalue weighted by molar-refractivity contribution is 9.10. The molecule has 2 aromatic rings. The summed E-state index contributed by atoms with van der Waals surface area (Å²) < 4.78 is 42.3. The van der Waals surface area contributed by atoms with E-state index in [1.807, 2.05) is 6.92 Å². The summed E-state index contributed by atoms with van der Waals surface area (Å²) in [5.74, 6) is -0.237. The van der Waals surface area contributed by atoms with Gasteiger partial charge in [0.15, 0.2) is 0 Å². The van der Waals surface area contributed by atoms with Gasteiger partial charge in [-0.1, -0.05) is 0 Å². The first-order valence-electron chi connectivity index (χ1n) is 7.16. The van der Waals surface area contributed by atoms with Crippen molar-refractivity contribution in [3.8, 4) is 5.75 Å². The van der Waals surface area contributed by atoms with Crippen molar-refractivity contribution in [1.82, 2.24) is 10.3 Å². The lowest BCUT2D eigenvalue weighted by atomic mass is 10.1. The number of fused-ring (bicyclic) bond motifs is 1. The fourth-order valence-corrected chi connectivity index (χ4v) is 3.27. The van der Waals surface area contributed by atoms with Crippen LogP contribution in [-0.2, 0) is 0 Å². The minimum Gasteiger partial charge on any atom is -0.406 e. The molecule has 2 heterocycles. The van der Waals surface area contributed by atoms with Gasteiger partial charge in [0, 0.05) is 31.6 Å². The van der Waals surface area contributed by atoms with Crippen LogP contribution in [0.2, 0.25) is 0 Å². The fourth-order valence-electron chi connectivity index (χ4n) is 2.72. The molecule has 1 aromatic carbocycles. The van der Waals surface area contributed by atoms with Gasteiger partial charge in [0.2, 0.25) is 0 Å². The van der Waals surface area contributed by atoms with E-state index in [2.05, 4.69) is 35.9 Å². The monoisotopic (exact) mass is 425 g/mol. The number of hydrogen-bond acceptors (Lipinski definition) is 4. The van der Waals surface area contributed by atoms with E-state index < -0.39 is 6.36 Å². The molecule has 132 valence electrons. The molecule has 0 aliphatic carbocycles. The number of aromatic nitrogens is 1. The standard InChI is InChI=1S/C15H15BrF3N3O.ClH/c1-9-13(16)14(22-6-4-20-5-7-22)11-8-10(23-15(17,18)19)2-3-12(11)21-9;/h2-3,8,20H,4-7H2,1H3;1H. The van der Waals surface area contributed by atoms with E-state index in [0.717, 1.165) is 42.0 Å². The van der Waals surface area contributed by atoms with Crippen molar-refractivity contribution in [2.45, 2.75) is 13.3 Å². The van der Waals surface area contributed by atoms with Crippen LogP contribution < -0.4 is 15.0 Å². The molecule has 0 atom stereocenters. The third-order valence-corrected chi connectivity index (χ3v) is 4.65. The van der Waals surface area contributed by atoms with E-state index in [-0.39, 0.29) is 18.2 Å². The van der Waals surface area contributed by atoms with Gasteiger partial charge in [-0.15, -0.1) is 25.6 Å². The topological polar surface area (TPSA) is 37.4 Å². The van der Waals surface area contributed by atoms with Crippen molar-refractivity contribution in [3.63, 3.8) is 0 Å². The number of halogens is 5. The maximum atomic E-state index is 12.5. The molecule has 1 saturated heterocycles. The van der Waals surface area contributed by atoms with E-state index >= 15 is 0 Å². The summed E-state index contributed by atoms with van der Waals surface area (Å²) in [5.41, 5.74) is 2.31. The molecule has 3 rings (SSSR count). The molecule has 1 aliphatic rings. The highest BCUT2D eigenvalue weighted by Crippen LogP contribution is 2.38. The number of nitrogens with zero attached hydrogens (tertiary/aromatic N) is 2. The van der Waals surface area contributed by atoms with Gasteiger partial charge in [0.1, 0.15) is 5.75 Å². The Kier molecular flexibility index (Phi) is 5.83. The summed E-state index contributed by atoms with van der Waals surface area (Å²) in [5, 5.41) is 3.91. The lowest BCUT2D eigenvalue weighted by Crippen LogP contribution is -2.43. The number of anilines is 1. The molecular weight excluding hydrogens is 411 g/mol. The zero-order valence-corrected chi connectivity index (χ0v) is 15.2. The van der Waals surface area contributed by atoms with Gasteiger partial charge < -0.3 is 15.0 Å². The quantitative estimate of drug-likeness (QED) is 0.787. The Morgan fingerprint density at radius 3 is 2.54 bits per heavy atom. The zero-order chi connectivity index (χ0) is 16.6. The first kappa shape index (κ1) is 19.1. The maximum Gasteiger partial charge on any atom is 0.573 e. The van der Waals surface area contributed by atoms with Crippen molar-refractivity contribution in [2.75, 3.05) is 31.1 Å². The van der Waals surface area contributed by atoms with Crippen LogP contribution in [0.25, 0.3) is 10.9 Å². The Morgan fingerprint density at radius 2 is 1.92 bits per heavy atom. The average molecular weight is 427 g/mol. The van der Waals surface area contributed by atoms with Crippen LogP contribution in [0.1, 0.15) is 5.69 Å². The van der Waals surface area contributed by atoms with Crippen LogP contribution >= 0.6 is 28.3 Å². The van der Waals surface area contributed by atoms with E-state index in [1.54, 1.807) is 6.07 Å². The van der Waals surface area contributed by atoms with Gasteiger partial charge in [-0.2, -0.15) is 0 Å². The number of benzene rings is 1. The Bertz CT molecular complexity index is 736. The second-order valence-electron chi connectivity index (χ2n) is 5.32. The molecule has 0 bridgehead atoms. The highest BCUT2D eigenvalue weighted by Gasteiger charge is 2.31. The van der Waals surface area contributed by atoms with Gasteiger partial charge in [-0.05, 0) is 41.1 Å². The van der Waals surface area contributed by atoms with E-state index in [0.29, 0.717) is 10.9 Å². The normalized spacial score (nSPS) is 15.3. The highest BCUT2D eigenvalue weighted by atomic mass is 79.9. The number of pyridine rings is 1. The molecule has 0 saturated carbocycles. The number of aryl methyl sites for hydroxylation is 1. The molecule has 1 N–H and O–H groups in total.